The average Bonchev–Trinajstić information content (AvgIpc) is 2.16. The van der Waals surface area contributed by atoms with Crippen LogP contribution in [0.1, 0.15) is 48.0 Å². The molecule has 0 bridgehead atoms. The van der Waals surface area contributed by atoms with Crippen molar-refractivity contribution in [2.45, 2.75) is 60.0 Å². The van der Waals surface area contributed by atoms with Crippen molar-refractivity contribution >= 4 is 0 Å². The largest absolute Gasteiger partial charge is 0.315 e. The van der Waals surface area contributed by atoms with Crippen LogP contribution in [0.15, 0.2) is 0 Å². The molecule has 0 aliphatic carbocycles. The van der Waals surface area contributed by atoms with Crippen LogP contribution in [0.2, 0.25) is 0 Å². The first kappa shape index (κ1) is 14.9. The lowest BCUT2D eigenvalue weighted by atomic mass is 10.0. The Morgan fingerprint density at radius 2 is 1.67 bits per heavy atom. The predicted octanol–water partition coefficient (Wildman–Crippen LogP) is 2.74. The zero-order valence-corrected chi connectivity index (χ0v) is 11.5. The van der Waals surface area contributed by atoms with Gasteiger partial charge < -0.3 is 5.32 Å². The van der Waals surface area contributed by atoms with Crippen molar-refractivity contribution in [2.75, 3.05) is 19.6 Å². The molecular formula is C13H30N2. The van der Waals surface area contributed by atoms with E-state index in [1.54, 1.807) is 0 Å². The van der Waals surface area contributed by atoms with Crippen LogP contribution >= 0.6 is 0 Å². The summed E-state index contributed by atoms with van der Waals surface area (Å²) in [5.74, 6) is 0.720. The highest BCUT2D eigenvalue weighted by Crippen LogP contribution is 2.14. The number of nitrogens with one attached hydrogen (secondary N) is 1. The summed E-state index contributed by atoms with van der Waals surface area (Å²) in [6, 6.07) is 1.32. The van der Waals surface area contributed by atoms with Gasteiger partial charge in [-0.2, -0.15) is 0 Å². The number of rotatable bonds is 8. The quantitative estimate of drug-likeness (QED) is 0.668. The van der Waals surface area contributed by atoms with Crippen molar-refractivity contribution in [3.05, 3.63) is 0 Å². The Kier molecular flexibility index (Phi) is 8.07. The molecule has 2 heteroatoms. The van der Waals surface area contributed by atoms with Gasteiger partial charge in [0, 0.05) is 18.6 Å². The van der Waals surface area contributed by atoms with Gasteiger partial charge in [-0.1, -0.05) is 27.7 Å². The molecule has 0 aromatic heterocycles. The fraction of sp³-hybridized carbons (Fsp3) is 1.00. The molecule has 2 nitrogen and oxygen atoms in total. The SMILES string of the molecule is CCCN(C(C)C)C(CNCC)C(C)C. The first-order chi connectivity index (χ1) is 7.04. The maximum atomic E-state index is 3.48. The maximum absolute atomic E-state index is 3.48. The van der Waals surface area contributed by atoms with E-state index >= 15 is 0 Å². The van der Waals surface area contributed by atoms with Crippen LogP contribution in [0.4, 0.5) is 0 Å². The molecule has 92 valence electrons. The van der Waals surface area contributed by atoms with Crippen LogP contribution in [0.5, 0.6) is 0 Å². The van der Waals surface area contributed by atoms with Crippen LogP contribution in [-0.4, -0.2) is 36.6 Å². The Labute approximate surface area is 96.4 Å². The molecule has 0 amide bonds. The Morgan fingerprint density at radius 1 is 1.07 bits per heavy atom. The van der Waals surface area contributed by atoms with E-state index in [-0.39, 0.29) is 0 Å². The highest BCUT2D eigenvalue weighted by molar-refractivity contribution is 4.79. The first-order valence-corrected chi connectivity index (χ1v) is 6.50. The summed E-state index contributed by atoms with van der Waals surface area (Å²) in [7, 11) is 0. The minimum Gasteiger partial charge on any atom is -0.315 e. The minimum atomic E-state index is 0.649. The van der Waals surface area contributed by atoms with Gasteiger partial charge in [0.1, 0.15) is 0 Å². The van der Waals surface area contributed by atoms with Crippen molar-refractivity contribution in [1.82, 2.24) is 10.2 Å². The maximum Gasteiger partial charge on any atom is 0.0246 e. The molecular weight excluding hydrogens is 184 g/mol. The summed E-state index contributed by atoms with van der Waals surface area (Å²) in [6.45, 7) is 17.1. The summed E-state index contributed by atoms with van der Waals surface area (Å²) in [5, 5.41) is 3.48. The normalized spacial score (nSPS) is 14.2. The lowest BCUT2D eigenvalue weighted by Crippen LogP contribution is -2.49. The van der Waals surface area contributed by atoms with Gasteiger partial charge in [0.2, 0.25) is 0 Å². The van der Waals surface area contributed by atoms with Gasteiger partial charge >= 0.3 is 0 Å². The van der Waals surface area contributed by atoms with Gasteiger partial charge in [0.15, 0.2) is 0 Å². The van der Waals surface area contributed by atoms with E-state index in [1.165, 1.54) is 13.0 Å². The highest BCUT2D eigenvalue weighted by atomic mass is 15.2. The van der Waals surface area contributed by atoms with Crippen LogP contribution in [0, 0.1) is 5.92 Å². The minimum absolute atomic E-state index is 0.649. The summed E-state index contributed by atoms with van der Waals surface area (Å²) < 4.78 is 0. The summed E-state index contributed by atoms with van der Waals surface area (Å²) in [4.78, 5) is 2.63. The van der Waals surface area contributed by atoms with Crippen molar-refractivity contribution in [3.63, 3.8) is 0 Å². The lowest BCUT2D eigenvalue weighted by molar-refractivity contribution is 0.116. The molecule has 0 fully saturated rings. The molecule has 0 saturated carbocycles. The van der Waals surface area contributed by atoms with Gasteiger partial charge in [0.25, 0.3) is 0 Å². The third-order valence-corrected chi connectivity index (χ3v) is 2.94. The third kappa shape index (κ3) is 5.53. The van der Waals surface area contributed by atoms with Crippen LogP contribution in [-0.2, 0) is 0 Å². The number of hydrogen-bond donors (Lipinski definition) is 1. The van der Waals surface area contributed by atoms with Crippen LogP contribution < -0.4 is 5.32 Å². The molecule has 0 rings (SSSR count). The van der Waals surface area contributed by atoms with E-state index in [0.717, 1.165) is 19.0 Å². The molecule has 1 atom stereocenters. The molecule has 1 N–H and O–H groups in total. The van der Waals surface area contributed by atoms with Gasteiger partial charge in [-0.25, -0.2) is 0 Å². The fourth-order valence-corrected chi connectivity index (χ4v) is 2.09. The number of hydrogen-bond acceptors (Lipinski definition) is 2. The van der Waals surface area contributed by atoms with Gasteiger partial charge in [-0.05, 0) is 39.3 Å². The second-order valence-corrected chi connectivity index (χ2v) is 4.95. The molecule has 0 aromatic rings. The zero-order valence-electron chi connectivity index (χ0n) is 11.5. The molecule has 1 unspecified atom stereocenters. The summed E-state index contributed by atoms with van der Waals surface area (Å²) in [5.41, 5.74) is 0. The van der Waals surface area contributed by atoms with E-state index in [9.17, 15) is 0 Å². The van der Waals surface area contributed by atoms with Crippen molar-refractivity contribution < 1.29 is 0 Å². The highest BCUT2D eigenvalue weighted by Gasteiger charge is 2.22. The smallest absolute Gasteiger partial charge is 0.0246 e. The third-order valence-electron chi connectivity index (χ3n) is 2.94. The van der Waals surface area contributed by atoms with E-state index in [1.807, 2.05) is 0 Å². The lowest BCUT2D eigenvalue weighted by Gasteiger charge is -2.37. The Balaban J connectivity index is 4.37. The van der Waals surface area contributed by atoms with E-state index < -0.39 is 0 Å². The average molecular weight is 214 g/mol. The Hall–Kier alpha value is -0.0800. The zero-order chi connectivity index (χ0) is 11.8. The molecule has 0 aliphatic rings. The molecule has 0 heterocycles. The first-order valence-electron chi connectivity index (χ1n) is 6.50. The topological polar surface area (TPSA) is 15.3 Å². The molecule has 0 aromatic carbocycles. The molecule has 0 aliphatic heterocycles. The second kappa shape index (κ2) is 8.12. The second-order valence-electron chi connectivity index (χ2n) is 4.95. The van der Waals surface area contributed by atoms with Crippen molar-refractivity contribution in [2.24, 2.45) is 5.92 Å². The van der Waals surface area contributed by atoms with Gasteiger partial charge in [0.05, 0.1) is 0 Å². The Morgan fingerprint density at radius 3 is 2.00 bits per heavy atom. The summed E-state index contributed by atoms with van der Waals surface area (Å²) >= 11 is 0. The summed E-state index contributed by atoms with van der Waals surface area (Å²) in [6.07, 6.45) is 1.24. The fourth-order valence-electron chi connectivity index (χ4n) is 2.09. The monoisotopic (exact) mass is 214 g/mol. The standard InChI is InChI=1S/C13H30N2/c1-7-9-15(12(5)6)13(11(3)4)10-14-8-2/h11-14H,7-10H2,1-6H3. The van der Waals surface area contributed by atoms with Gasteiger partial charge in [-0.3, -0.25) is 4.90 Å². The van der Waals surface area contributed by atoms with Gasteiger partial charge in [-0.15, -0.1) is 0 Å². The number of nitrogens with zero attached hydrogens (tertiary/aromatic N) is 1. The molecule has 0 spiro atoms. The van der Waals surface area contributed by atoms with Crippen LogP contribution in [0.3, 0.4) is 0 Å². The van der Waals surface area contributed by atoms with E-state index in [2.05, 4.69) is 51.8 Å². The van der Waals surface area contributed by atoms with Crippen LogP contribution in [0.25, 0.3) is 0 Å². The van der Waals surface area contributed by atoms with Crippen molar-refractivity contribution in [1.29, 1.82) is 0 Å². The van der Waals surface area contributed by atoms with E-state index in [4.69, 9.17) is 0 Å². The molecule has 0 saturated heterocycles. The Bertz CT molecular complexity index is 143. The molecule has 0 radical (unpaired) electrons. The van der Waals surface area contributed by atoms with Crippen molar-refractivity contribution in [3.8, 4) is 0 Å². The predicted molar refractivity (Wildman–Crippen MR) is 69.3 cm³/mol. The molecule has 15 heavy (non-hydrogen) atoms. The van der Waals surface area contributed by atoms with E-state index in [0.29, 0.717) is 12.1 Å². The number of likely N-dealkylation sites (N-methyl/N-ethyl adjacent to an activating group) is 1.